The number of nitriles is 1. The summed E-state index contributed by atoms with van der Waals surface area (Å²) in [6.07, 6.45) is 1.09. The van der Waals surface area contributed by atoms with Crippen LogP contribution in [0.2, 0.25) is 0 Å². The van der Waals surface area contributed by atoms with Gasteiger partial charge in [-0.15, -0.1) is 0 Å². The van der Waals surface area contributed by atoms with Crippen LogP contribution >= 0.6 is 0 Å². The molecule has 10 heteroatoms. The van der Waals surface area contributed by atoms with Crippen molar-refractivity contribution in [3.8, 4) is 29.1 Å². The zero-order valence-corrected chi connectivity index (χ0v) is 27.1. The average Bonchev–Trinajstić information content (AvgIpc) is 3.35. The normalized spacial score (nSPS) is 26.9. The average molecular weight is 732 g/mol. The summed E-state index contributed by atoms with van der Waals surface area (Å²) in [4.78, 5) is 16.5. The molecule has 1 saturated heterocycles. The first-order valence-corrected chi connectivity index (χ1v) is 12.7. The van der Waals surface area contributed by atoms with Gasteiger partial charge >= 0.3 is 0 Å². The van der Waals surface area contributed by atoms with Crippen LogP contribution in [-0.2, 0) is 17.6 Å². The van der Waals surface area contributed by atoms with Gasteiger partial charge in [0.05, 0.1) is 18.2 Å². The summed E-state index contributed by atoms with van der Waals surface area (Å²) >= 11 is 0. The second-order valence-corrected chi connectivity index (χ2v) is 10.8. The van der Waals surface area contributed by atoms with Crippen molar-refractivity contribution in [3.63, 3.8) is 0 Å². The van der Waals surface area contributed by atoms with Gasteiger partial charge in [-0.3, -0.25) is 14.6 Å². The van der Waals surface area contributed by atoms with Crippen LogP contribution in [0, 0.1) is 76.2 Å². The molecule has 1 fully saturated rings. The molecule has 5 atom stereocenters. The van der Waals surface area contributed by atoms with Gasteiger partial charge in [0.15, 0.2) is 11.5 Å². The molecule has 4 aliphatic heterocycles. The van der Waals surface area contributed by atoms with E-state index in [1.165, 1.54) is 6.92 Å². The van der Waals surface area contributed by atoms with Crippen LogP contribution in [0.5, 0.6) is 23.0 Å². The van der Waals surface area contributed by atoms with Gasteiger partial charge in [-0.25, -0.2) is 0 Å². The summed E-state index contributed by atoms with van der Waals surface area (Å²) in [5, 5.41) is 36.2. The molecule has 6 rings (SSSR count). The number of nitrogens with one attached hydrogen (secondary N) is 1. The predicted octanol–water partition coefficient (Wildman–Crippen LogP) is 2.66. The van der Waals surface area contributed by atoms with Crippen molar-refractivity contribution in [2.24, 2.45) is 0 Å². The Bertz CT molecular complexity index is 1390. The van der Waals surface area contributed by atoms with Gasteiger partial charge in [-0.1, -0.05) is 6.07 Å². The number of aryl methyl sites for hydroxylation is 1. The fourth-order valence-electron chi connectivity index (χ4n) is 7.15. The maximum atomic E-state index is 12.0. The van der Waals surface area contributed by atoms with Gasteiger partial charge in [0.25, 0.3) is 0 Å². The van der Waals surface area contributed by atoms with E-state index in [0.717, 1.165) is 33.4 Å². The van der Waals surface area contributed by atoms with Crippen LogP contribution in [0.25, 0.3) is 0 Å². The number of aromatic hydroxyl groups is 2. The van der Waals surface area contributed by atoms with Crippen LogP contribution in [0.3, 0.4) is 0 Å². The quantitative estimate of drug-likeness (QED) is 0.432. The molecule has 1 radical (unpaired) electrons. The Morgan fingerprint density at radius 3 is 2.50 bits per heavy atom. The van der Waals surface area contributed by atoms with E-state index in [1.807, 2.05) is 27.8 Å². The number of piperazine rings is 1. The molecule has 0 spiro atoms. The summed E-state index contributed by atoms with van der Waals surface area (Å²) in [5.41, 5.74) is 5.99. The first-order chi connectivity index (χ1) is 17.6. The van der Waals surface area contributed by atoms with Crippen LogP contribution < -0.4 is 14.8 Å². The molecular weight excluding hydrogens is 699 g/mol. The maximum absolute atomic E-state index is 12.0. The van der Waals surface area contributed by atoms with Gasteiger partial charge in [0.1, 0.15) is 17.5 Å². The standard InChI is InChI=1S/C28H32N4O5.Ac/c1-12-6-16-7-18-20(9-29)32-19(24(31(18)5)22(16)26(35)13(12)2)8-17-23(21(32)10-30-15(4)33)28-27(36-11-37-28)14(3)25(17)34;/h6,18-21,24,34-35H,7-8,10-11H2,1-5H3,(H,30,33);/t18-,19?,20-,21-,24+;/m0./s1. The number of rotatable bonds is 2. The molecule has 0 saturated carbocycles. The molecule has 2 bridgehead atoms. The largest absolute Gasteiger partial charge is 0.507 e. The van der Waals surface area contributed by atoms with Crippen LogP contribution in [-0.4, -0.2) is 64.4 Å². The molecule has 1 amide bonds. The summed E-state index contributed by atoms with van der Waals surface area (Å²) in [7, 11) is 2.03. The van der Waals surface area contributed by atoms with E-state index in [1.54, 1.807) is 0 Å². The minimum Gasteiger partial charge on any atom is -0.507 e. The van der Waals surface area contributed by atoms with E-state index in [-0.39, 0.29) is 87.2 Å². The fourth-order valence-corrected chi connectivity index (χ4v) is 7.15. The summed E-state index contributed by atoms with van der Waals surface area (Å²) in [5.74, 6) is 1.38. The number of carbonyl (C=O) groups excluding carboxylic acids is 1. The minimum atomic E-state index is -0.475. The number of hydrogen-bond donors (Lipinski definition) is 3. The Hall–Kier alpha value is -2.04. The van der Waals surface area contributed by atoms with Crippen molar-refractivity contribution in [2.75, 3.05) is 20.4 Å². The first-order valence-electron chi connectivity index (χ1n) is 12.7. The van der Waals surface area contributed by atoms with Crippen LogP contribution in [0.1, 0.15) is 58.0 Å². The van der Waals surface area contributed by atoms with Gasteiger partial charge < -0.3 is 25.0 Å². The number of hydrogen-bond acceptors (Lipinski definition) is 8. The number of phenolic OH excluding ortho intramolecular Hbond substituents is 2. The van der Waals surface area contributed by atoms with E-state index >= 15 is 0 Å². The van der Waals surface area contributed by atoms with E-state index in [9.17, 15) is 20.3 Å². The topological polar surface area (TPSA) is 118 Å². The van der Waals surface area contributed by atoms with Crippen molar-refractivity contribution >= 4 is 5.91 Å². The predicted molar refractivity (Wildman–Crippen MR) is 135 cm³/mol. The third-order valence-electron chi connectivity index (χ3n) is 9.01. The Labute approximate surface area is 258 Å². The molecule has 0 aliphatic carbocycles. The van der Waals surface area contributed by atoms with Gasteiger partial charge in [0.2, 0.25) is 12.7 Å². The summed E-state index contributed by atoms with van der Waals surface area (Å²) in [6.45, 7) is 7.52. The Kier molecular flexibility index (Phi) is 7.14. The second kappa shape index (κ2) is 9.86. The Balaban J connectivity index is 0.00000294. The number of carbonyl (C=O) groups is 1. The first kappa shape index (κ1) is 27.5. The summed E-state index contributed by atoms with van der Waals surface area (Å²) in [6, 6.07) is 3.30. The third kappa shape index (κ3) is 3.77. The van der Waals surface area contributed by atoms with Crippen LogP contribution in [0.4, 0.5) is 0 Å². The molecule has 4 aliphatic rings. The molecule has 38 heavy (non-hydrogen) atoms. The molecule has 2 aromatic carbocycles. The molecule has 4 heterocycles. The van der Waals surface area contributed by atoms with E-state index in [0.29, 0.717) is 35.7 Å². The molecule has 9 nitrogen and oxygen atoms in total. The smallest absolute Gasteiger partial charge is 0.231 e. The Morgan fingerprint density at radius 2 is 1.82 bits per heavy atom. The van der Waals surface area contributed by atoms with Crippen LogP contribution in [0.15, 0.2) is 6.07 Å². The maximum Gasteiger partial charge on any atom is 0.231 e. The van der Waals surface area contributed by atoms with Crippen molar-refractivity contribution < 1.29 is 68.5 Å². The number of ether oxygens (including phenoxy) is 2. The number of likely N-dealkylation sites (N-methyl/N-ethyl adjacent to an activating group) is 1. The van der Waals surface area contributed by atoms with Gasteiger partial charge in [-0.2, -0.15) is 5.26 Å². The molecular formula is C28H32AcN4O5. The zero-order chi connectivity index (χ0) is 26.3. The number of fused-ring (bicyclic) bond motifs is 9. The molecule has 2 aromatic rings. The zero-order valence-electron chi connectivity index (χ0n) is 22.3. The molecule has 0 aromatic heterocycles. The Morgan fingerprint density at radius 1 is 1.11 bits per heavy atom. The fraction of sp³-hybridized carbons (Fsp3) is 0.500. The second-order valence-electron chi connectivity index (χ2n) is 10.8. The van der Waals surface area contributed by atoms with E-state index in [4.69, 9.17) is 9.47 Å². The van der Waals surface area contributed by atoms with E-state index < -0.39 is 12.1 Å². The SMILES string of the molecule is CC(=O)NC[C@H]1c2c(c(O)c(C)c3c2OCO3)CC2[C@@H]3c4c(cc(C)c(C)c4O)C[C@@H]([C@H](C#N)N21)N3C.[Ac]. The van der Waals surface area contributed by atoms with Crippen molar-refractivity contribution in [3.05, 3.63) is 45.0 Å². The molecule has 197 valence electrons. The number of phenols is 2. The van der Waals surface area contributed by atoms with Crippen molar-refractivity contribution in [2.45, 2.75) is 70.7 Å². The number of amides is 1. The molecule has 3 N–H and O–H groups in total. The monoisotopic (exact) mass is 731 g/mol. The molecule has 1 unspecified atom stereocenters. The van der Waals surface area contributed by atoms with Crippen molar-refractivity contribution in [1.82, 2.24) is 15.1 Å². The summed E-state index contributed by atoms with van der Waals surface area (Å²) < 4.78 is 11.7. The van der Waals surface area contributed by atoms with E-state index in [2.05, 4.69) is 27.3 Å². The minimum absolute atomic E-state index is 0. The third-order valence-corrected chi connectivity index (χ3v) is 9.01. The number of nitrogens with zero attached hydrogens (tertiary/aromatic N) is 3. The number of benzene rings is 2. The van der Waals surface area contributed by atoms with Gasteiger partial charge in [-0.05, 0) is 57.4 Å². The van der Waals surface area contributed by atoms with Gasteiger partial charge in [0, 0.05) is 91.9 Å². The van der Waals surface area contributed by atoms with Crippen molar-refractivity contribution in [1.29, 1.82) is 5.26 Å².